The van der Waals surface area contributed by atoms with Crippen LogP contribution in [0.3, 0.4) is 0 Å². The van der Waals surface area contributed by atoms with Gasteiger partial charge < -0.3 is 14.2 Å². The zero-order chi connectivity index (χ0) is 47.7. The van der Waals surface area contributed by atoms with E-state index in [1.807, 2.05) is 0 Å². The lowest BCUT2D eigenvalue weighted by molar-refractivity contribution is -0.163. The molecule has 0 fully saturated rings. The fourth-order valence-electron chi connectivity index (χ4n) is 7.06. The van der Waals surface area contributed by atoms with Crippen molar-refractivity contribution in [3.63, 3.8) is 0 Å². The maximum Gasteiger partial charge on any atom is 0.306 e. The van der Waals surface area contributed by atoms with Gasteiger partial charge in [0.1, 0.15) is 6.61 Å². The van der Waals surface area contributed by atoms with E-state index in [2.05, 4.69) is 142 Å². The Hall–Kier alpha value is -3.70. The van der Waals surface area contributed by atoms with Crippen LogP contribution in [-0.2, 0) is 23.8 Å². The van der Waals surface area contributed by atoms with Crippen molar-refractivity contribution in [2.75, 3.05) is 19.8 Å². The van der Waals surface area contributed by atoms with Gasteiger partial charge in [-0.2, -0.15) is 0 Å². The number of hydrogen-bond acceptors (Lipinski definition) is 5. The molecule has 0 aliphatic rings. The van der Waals surface area contributed by atoms with Crippen LogP contribution in [-0.4, -0.2) is 37.9 Å². The third-order valence-electron chi connectivity index (χ3n) is 11.0. The van der Waals surface area contributed by atoms with Crippen LogP contribution in [0, 0.1) is 0 Å². The monoisotopic (exact) mass is 913 g/mol. The standard InChI is InChI=1S/C61H100O5/c1-4-7-10-13-16-19-22-25-28-30-32-35-38-41-44-47-50-53-56-64-57-59(66-61(63)55-52-49-46-43-40-37-33-27-24-21-18-15-12-9-6-3)58-65-60(62)54-51-48-45-42-39-36-34-31-29-26-23-20-17-14-11-8-5-2/h7-12,16-21,25-29,33,40,43,59H,4-6,13-15,22-24,30-32,34-39,41-42,44-58H2,1-3H3/b10-7-,11-8-,12-9-,19-16-,20-17-,21-18-,28-25-,29-26-,33-27-,43-40-. The maximum atomic E-state index is 12.8. The average molecular weight is 913 g/mol. The Morgan fingerprint density at radius 1 is 0.333 bits per heavy atom. The molecule has 0 aromatic carbocycles. The normalized spacial score (nSPS) is 13.2. The van der Waals surface area contributed by atoms with Crippen molar-refractivity contribution in [1.29, 1.82) is 0 Å². The van der Waals surface area contributed by atoms with Crippen molar-refractivity contribution < 1.29 is 23.8 Å². The summed E-state index contributed by atoms with van der Waals surface area (Å²) in [6.07, 6.45) is 77.9. The Labute approximate surface area is 407 Å². The number of carbonyl (C=O) groups is 2. The molecule has 0 aromatic heterocycles. The average Bonchev–Trinajstić information content (AvgIpc) is 3.32. The lowest BCUT2D eigenvalue weighted by atomic mass is 10.1. The Kier molecular flexibility index (Phi) is 52.5. The van der Waals surface area contributed by atoms with Crippen LogP contribution in [0.1, 0.15) is 226 Å². The number of ether oxygens (including phenoxy) is 3. The molecule has 0 saturated heterocycles. The molecule has 5 heteroatoms. The van der Waals surface area contributed by atoms with Crippen molar-refractivity contribution in [1.82, 2.24) is 0 Å². The molecule has 0 amide bonds. The summed E-state index contributed by atoms with van der Waals surface area (Å²) in [5.41, 5.74) is 0. The lowest BCUT2D eigenvalue weighted by Gasteiger charge is -2.18. The van der Waals surface area contributed by atoms with E-state index >= 15 is 0 Å². The summed E-state index contributed by atoms with van der Waals surface area (Å²) in [5, 5.41) is 0. The van der Waals surface area contributed by atoms with E-state index in [1.165, 1.54) is 70.6 Å². The molecule has 0 spiro atoms. The molecule has 66 heavy (non-hydrogen) atoms. The summed E-state index contributed by atoms with van der Waals surface area (Å²) in [5.74, 6) is -0.466. The Morgan fingerprint density at radius 3 is 1.05 bits per heavy atom. The predicted molar refractivity (Wildman–Crippen MR) is 288 cm³/mol. The van der Waals surface area contributed by atoms with Gasteiger partial charge in [-0.15, -0.1) is 0 Å². The van der Waals surface area contributed by atoms with Crippen LogP contribution < -0.4 is 0 Å². The van der Waals surface area contributed by atoms with Crippen LogP contribution >= 0.6 is 0 Å². The first kappa shape index (κ1) is 62.3. The highest BCUT2D eigenvalue weighted by molar-refractivity contribution is 5.70. The number of hydrogen-bond donors (Lipinski definition) is 0. The molecule has 0 saturated carbocycles. The molecular formula is C61H100O5. The largest absolute Gasteiger partial charge is 0.462 e. The molecule has 0 N–H and O–H groups in total. The lowest BCUT2D eigenvalue weighted by Crippen LogP contribution is -2.30. The summed E-state index contributed by atoms with van der Waals surface area (Å²) in [6, 6.07) is 0. The van der Waals surface area contributed by atoms with E-state index in [4.69, 9.17) is 14.2 Å². The SMILES string of the molecule is CC/C=C\C/C=C\C/C=C\C/C=C\CCCCC(=O)OC(COCCCCCCCCCC/C=C\C/C=C\C/C=C\CC)COC(=O)CCCCCCCCC/C=C\C/C=C\C/C=C\CC. The zero-order valence-corrected chi connectivity index (χ0v) is 42.9. The highest BCUT2D eigenvalue weighted by Crippen LogP contribution is 2.13. The van der Waals surface area contributed by atoms with Crippen molar-refractivity contribution in [3.8, 4) is 0 Å². The van der Waals surface area contributed by atoms with Gasteiger partial charge in [-0.3, -0.25) is 9.59 Å². The summed E-state index contributed by atoms with van der Waals surface area (Å²) in [6.45, 7) is 7.42. The molecule has 374 valence electrons. The molecule has 5 nitrogen and oxygen atoms in total. The second-order valence-corrected chi connectivity index (χ2v) is 17.3. The van der Waals surface area contributed by atoms with Crippen LogP contribution in [0.25, 0.3) is 0 Å². The van der Waals surface area contributed by atoms with Crippen molar-refractivity contribution in [2.45, 2.75) is 232 Å². The zero-order valence-electron chi connectivity index (χ0n) is 42.9. The van der Waals surface area contributed by atoms with Crippen molar-refractivity contribution in [3.05, 3.63) is 122 Å². The fraction of sp³-hybridized carbons (Fsp3) is 0.639. The molecule has 0 aliphatic carbocycles. The maximum absolute atomic E-state index is 12.8. The molecule has 0 aliphatic heterocycles. The molecule has 1 atom stereocenters. The Morgan fingerprint density at radius 2 is 0.636 bits per heavy atom. The smallest absolute Gasteiger partial charge is 0.306 e. The number of allylic oxidation sites excluding steroid dienone is 20. The number of unbranched alkanes of at least 4 members (excludes halogenated alkanes) is 17. The van der Waals surface area contributed by atoms with E-state index in [0.29, 0.717) is 19.4 Å². The molecule has 1 unspecified atom stereocenters. The van der Waals surface area contributed by atoms with E-state index in [1.54, 1.807) is 0 Å². The molecule has 0 bridgehead atoms. The molecule has 0 heterocycles. The van der Waals surface area contributed by atoms with Crippen LogP contribution in [0.15, 0.2) is 122 Å². The third kappa shape index (κ3) is 52.9. The highest BCUT2D eigenvalue weighted by Gasteiger charge is 2.17. The van der Waals surface area contributed by atoms with E-state index in [-0.39, 0.29) is 25.2 Å². The summed E-state index contributed by atoms with van der Waals surface area (Å²) in [7, 11) is 0. The van der Waals surface area contributed by atoms with E-state index in [0.717, 1.165) is 122 Å². The van der Waals surface area contributed by atoms with Crippen LogP contribution in [0.2, 0.25) is 0 Å². The van der Waals surface area contributed by atoms with Gasteiger partial charge in [0.05, 0.1) is 6.61 Å². The van der Waals surface area contributed by atoms with Crippen molar-refractivity contribution >= 4 is 11.9 Å². The van der Waals surface area contributed by atoms with Crippen molar-refractivity contribution in [2.24, 2.45) is 0 Å². The Balaban J connectivity index is 4.38. The topological polar surface area (TPSA) is 61.8 Å². The van der Waals surface area contributed by atoms with Gasteiger partial charge in [-0.25, -0.2) is 0 Å². The first-order chi connectivity index (χ1) is 32.6. The van der Waals surface area contributed by atoms with Gasteiger partial charge in [0.2, 0.25) is 0 Å². The van der Waals surface area contributed by atoms with Gasteiger partial charge >= 0.3 is 11.9 Å². The first-order valence-electron chi connectivity index (χ1n) is 27.1. The third-order valence-corrected chi connectivity index (χ3v) is 11.0. The number of carbonyl (C=O) groups excluding carboxylic acids is 2. The minimum Gasteiger partial charge on any atom is -0.462 e. The molecule has 0 aromatic rings. The predicted octanol–water partition coefficient (Wildman–Crippen LogP) is 18.6. The van der Waals surface area contributed by atoms with Gasteiger partial charge in [0.15, 0.2) is 6.10 Å². The van der Waals surface area contributed by atoms with E-state index < -0.39 is 6.10 Å². The minimum atomic E-state index is -0.575. The minimum absolute atomic E-state index is 0.0529. The second-order valence-electron chi connectivity index (χ2n) is 17.3. The fourth-order valence-corrected chi connectivity index (χ4v) is 7.06. The summed E-state index contributed by atoms with van der Waals surface area (Å²) >= 11 is 0. The summed E-state index contributed by atoms with van der Waals surface area (Å²) < 4.78 is 17.4. The van der Waals surface area contributed by atoms with Gasteiger partial charge in [0, 0.05) is 19.4 Å². The molecular weight excluding hydrogens is 813 g/mol. The summed E-state index contributed by atoms with van der Waals surface area (Å²) in [4.78, 5) is 25.5. The van der Waals surface area contributed by atoms with Crippen LogP contribution in [0.4, 0.5) is 0 Å². The Bertz CT molecular complexity index is 1350. The van der Waals surface area contributed by atoms with Gasteiger partial charge in [-0.05, 0) is 122 Å². The van der Waals surface area contributed by atoms with Gasteiger partial charge in [-0.1, -0.05) is 213 Å². The highest BCUT2D eigenvalue weighted by atomic mass is 16.6. The van der Waals surface area contributed by atoms with Crippen LogP contribution in [0.5, 0.6) is 0 Å². The molecule has 0 radical (unpaired) electrons. The van der Waals surface area contributed by atoms with Gasteiger partial charge in [0.25, 0.3) is 0 Å². The first-order valence-corrected chi connectivity index (χ1v) is 27.1. The quantitative estimate of drug-likeness (QED) is 0.0346. The second kappa shape index (κ2) is 55.6. The number of rotatable bonds is 48. The van der Waals surface area contributed by atoms with E-state index in [9.17, 15) is 9.59 Å². The molecule has 0 rings (SSSR count). The number of esters is 2.